The SMILES string of the molecule is CCc1cc2c(cc1F)nc(N)c1cncn12. The minimum Gasteiger partial charge on any atom is -0.382 e. The molecule has 0 aliphatic carbocycles. The van der Waals surface area contributed by atoms with Crippen LogP contribution in [0.1, 0.15) is 12.5 Å². The van der Waals surface area contributed by atoms with Gasteiger partial charge in [-0.05, 0) is 18.1 Å². The van der Waals surface area contributed by atoms with Crippen molar-refractivity contribution < 1.29 is 4.39 Å². The van der Waals surface area contributed by atoms with Crippen LogP contribution in [0.4, 0.5) is 10.2 Å². The Balaban J connectivity index is 2.51. The van der Waals surface area contributed by atoms with E-state index in [9.17, 15) is 4.39 Å². The number of anilines is 1. The van der Waals surface area contributed by atoms with Gasteiger partial charge in [-0.3, -0.25) is 4.40 Å². The number of fused-ring (bicyclic) bond motifs is 3. The molecule has 0 spiro atoms. The number of nitrogens with zero attached hydrogens (tertiary/aromatic N) is 3. The van der Waals surface area contributed by atoms with Crippen molar-refractivity contribution in [3.63, 3.8) is 0 Å². The number of nitrogens with two attached hydrogens (primary N) is 1. The van der Waals surface area contributed by atoms with Crippen molar-refractivity contribution in [1.29, 1.82) is 0 Å². The highest BCUT2D eigenvalue weighted by molar-refractivity contribution is 5.83. The maximum atomic E-state index is 13.7. The number of rotatable bonds is 1. The van der Waals surface area contributed by atoms with E-state index in [1.807, 2.05) is 11.3 Å². The predicted molar refractivity (Wildman–Crippen MR) is 64.2 cm³/mol. The summed E-state index contributed by atoms with van der Waals surface area (Å²) in [4.78, 5) is 8.23. The molecule has 0 atom stereocenters. The summed E-state index contributed by atoms with van der Waals surface area (Å²) in [7, 11) is 0. The first-order valence-corrected chi connectivity index (χ1v) is 5.40. The van der Waals surface area contributed by atoms with Gasteiger partial charge in [0.25, 0.3) is 0 Å². The third-order valence-electron chi connectivity index (χ3n) is 2.93. The fourth-order valence-corrected chi connectivity index (χ4v) is 2.01. The first-order valence-electron chi connectivity index (χ1n) is 5.40. The van der Waals surface area contributed by atoms with Crippen LogP contribution in [-0.2, 0) is 6.42 Å². The molecule has 86 valence electrons. The second kappa shape index (κ2) is 3.41. The average molecular weight is 230 g/mol. The molecule has 4 nitrogen and oxygen atoms in total. The fraction of sp³-hybridized carbons (Fsp3) is 0.167. The van der Waals surface area contributed by atoms with Gasteiger partial charge in [-0.1, -0.05) is 6.92 Å². The van der Waals surface area contributed by atoms with Gasteiger partial charge in [0.05, 0.1) is 23.6 Å². The maximum Gasteiger partial charge on any atom is 0.150 e. The predicted octanol–water partition coefficient (Wildman–Crippen LogP) is 2.17. The normalized spacial score (nSPS) is 11.4. The van der Waals surface area contributed by atoms with Crippen LogP contribution in [0.3, 0.4) is 0 Å². The summed E-state index contributed by atoms with van der Waals surface area (Å²) in [6, 6.07) is 3.22. The van der Waals surface area contributed by atoms with Crippen LogP contribution >= 0.6 is 0 Å². The van der Waals surface area contributed by atoms with Gasteiger partial charge in [-0.25, -0.2) is 14.4 Å². The summed E-state index contributed by atoms with van der Waals surface area (Å²) in [5.41, 5.74) is 8.57. The van der Waals surface area contributed by atoms with E-state index in [2.05, 4.69) is 9.97 Å². The van der Waals surface area contributed by atoms with Gasteiger partial charge in [0, 0.05) is 6.07 Å². The van der Waals surface area contributed by atoms with Crippen molar-refractivity contribution in [3.05, 3.63) is 36.0 Å². The van der Waals surface area contributed by atoms with Crippen LogP contribution in [0, 0.1) is 5.82 Å². The highest BCUT2D eigenvalue weighted by Gasteiger charge is 2.09. The Labute approximate surface area is 96.9 Å². The van der Waals surface area contributed by atoms with Gasteiger partial charge in [-0.2, -0.15) is 0 Å². The van der Waals surface area contributed by atoms with Crippen molar-refractivity contribution in [2.75, 3.05) is 5.73 Å². The Bertz CT molecular complexity index is 717. The van der Waals surface area contributed by atoms with Gasteiger partial charge >= 0.3 is 0 Å². The molecule has 0 aliphatic heterocycles. The summed E-state index contributed by atoms with van der Waals surface area (Å²) >= 11 is 0. The van der Waals surface area contributed by atoms with Crippen LogP contribution in [0.15, 0.2) is 24.7 Å². The van der Waals surface area contributed by atoms with Gasteiger partial charge < -0.3 is 5.73 Å². The second-order valence-corrected chi connectivity index (χ2v) is 3.93. The number of benzene rings is 1. The molecule has 0 amide bonds. The molecule has 2 heterocycles. The molecule has 3 aromatic rings. The number of aryl methyl sites for hydroxylation is 1. The summed E-state index contributed by atoms with van der Waals surface area (Å²) < 4.78 is 15.5. The van der Waals surface area contributed by atoms with E-state index in [0.29, 0.717) is 23.3 Å². The van der Waals surface area contributed by atoms with E-state index in [4.69, 9.17) is 5.73 Å². The van der Waals surface area contributed by atoms with Gasteiger partial charge in [0.2, 0.25) is 0 Å². The molecular weight excluding hydrogens is 219 g/mol. The Kier molecular flexibility index (Phi) is 2.01. The molecule has 0 unspecified atom stereocenters. The zero-order valence-corrected chi connectivity index (χ0v) is 9.31. The molecule has 5 heteroatoms. The molecule has 0 aliphatic rings. The van der Waals surface area contributed by atoms with Crippen LogP contribution in [-0.4, -0.2) is 14.4 Å². The molecule has 17 heavy (non-hydrogen) atoms. The summed E-state index contributed by atoms with van der Waals surface area (Å²) in [6.45, 7) is 1.92. The fourth-order valence-electron chi connectivity index (χ4n) is 2.01. The molecule has 0 radical (unpaired) electrons. The monoisotopic (exact) mass is 230 g/mol. The number of aromatic nitrogens is 3. The lowest BCUT2D eigenvalue weighted by atomic mass is 10.1. The molecule has 3 rings (SSSR count). The van der Waals surface area contributed by atoms with Crippen molar-refractivity contribution in [2.24, 2.45) is 0 Å². The van der Waals surface area contributed by atoms with Crippen LogP contribution in [0.25, 0.3) is 16.6 Å². The summed E-state index contributed by atoms with van der Waals surface area (Å²) in [6.07, 6.45) is 3.95. The number of halogens is 1. The van der Waals surface area contributed by atoms with E-state index in [1.54, 1.807) is 18.6 Å². The Hall–Kier alpha value is -2.17. The van der Waals surface area contributed by atoms with Crippen LogP contribution in [0.2, 0.25) is 0 Å². The average Bonchev–Trinajstić information content (AvgIpc) is 2.78. The first-order chi connectivity index (χ1) is 8.20. The quantitative estimate of drug-likeness (QED) is 0.697. The van der Waals surface area contributed by atoms with E-state index in [-0.39, 0.29) is 5.82 Å². The Morgan fingerprint density at radius 3 is 2.94 bits per heavy atom. The Morgan fingerprint density at radius 1 is 1.35 bits per heavy atom. The smallest absolute Gasteiger partial charge is 0.150 e. The third-order valence-corrected chi connectivity index (χ3v) is 2.93. The number of nitrogen functional groups attached to an aromatic ring is 1. The molecule has 0 fully saturated rings. The maximum absolute atomic E-state index is 13.7. The largest absolute Gasteiger partial charge is 0.382 e. The van der Waals surface area contributed by atoms with Crippen LogP contribution in [0.5, 0.6) is 0 Å². The topological polar surface area (TPSA) is 56.2 Å². The lowest BCUT2D eigenvalue weighted by molar-refractivity contribution is 0.613. The molecule has 0 saturated carbocycles. The number of hydrogen-bond acceptors (Lipinski definition) is 3. The molecular formula is C12H11FN4. The minimum absolute atomic E-state index is 0.244. The van der Waals surface area contributed by atoms with E-state index in [0.717, 1.165) is 11.0 Å². The van der Waals surface area contributed by atoms with Gasteiger partial charge in [-0.15, -0.1) is 0 Å². The van der Waals surface area contributed by atoms with Crippen LogP contribution < -0.4 is 5.73 Å². The highest BCUT2D eigenvalue weighted by Crippen LogP contribution is 2.22. The minimum atomic E-state index is -0.244. The summed E-state index contributed by atoms with van der Waals surface area (Å²) in [5, 5.41) is 0. The zero-order chi connectivity index (χ0) is 12.0. The van der Waals surface area contributed by atoms with Gasteiger partial charge in [0.15, 0.2) is 0 Å². The molecule has 2 N–H and O–H groups in total. The van der Waals surface area contributed by atoms with Crippen molar-refractivity contribution in [3.8, 4) is 0 Å². The van der Waals surface area contributed by atoms with E-state index < -0.39 is 0 Å². The van der Waals surface area contributed by atoms with E-state index in [1.165, 1.54) is 6.07 Å². The van der Waals surface area contributed by atoms with Crippen molar-refractivity contribution >= 4 is 22.4 Å². The lowest BCUT2D eigenvalue weighted by Crippen LogP contribution is -1.99. The van der Waals surface area contributed by atoms with Crippen molar-refractivity contribution in [2.45, 2.75) is 13.3 Å². The summed E-state index contributed by atoms with van der Waals surface area (Å²) in [5.74, 6) is 0.116. The van der Waals surface area contributed by atoms with Gasteiger partial charge in [0.1, 0.15) is 17.2 Å². The highest BCUT2D eigenvalue weighted by atomic mass is 19.1. The van der Waals surface area contributed by atoms with Crippen molar-refractivity contribution in [1.82, 2.24) is 14.4 Å². The molecule has 0 bridgehead atoms. The van der Waals surface area contributed by atoms with E-state index >= 15 is 0 Å². The number of hydrogen-bond donors (Lipinski definition) is 1. The standard InChI is InChI=1S/C12H11FN4/c1-2-7-3-10-9(4-8(7)13)16-12(14)11-5-15-6-17(10)11/h3-6H,2H2,1H3,(H2,14,16). The first kappa shape index (κ1) is 10.0. The number of imidazole rings is 1. The third kappa shape index (κ3) is 1.35. The Morgan fingerprint density at radius 2 is 2.18 bits per heavy atom. The molecule has 0 saturated heterocycles. The molecule has 1 aromatic carbocycles. The molecule has 2 aromatic heterocycles. The second-order valence-electron chi connectivity index (χ2n) is 3.93. The zero-order valence-electron chi connectivity index (χ0n) is 9.31. The lowest BCUT2D eigenvalue weighted by Gasteiger charge is -2.07.